The van der Waals surface area contributed by atoms with Crippen LogP contribution in [0.5, 0.6) is 0 Å². The summed E-state index contributed by atoms with van der Waals surface area (Å²) in [6.07, 6.45) is 3.79. The first kappa shape index (κ1) is 8.35. The molecule has 0 saturated heterocycles. The second-order valence-corrected chi connectivity index (χ2v) is 3.63. The van der Waals surface area contributed by atoms with E-state index >= 15 is 0 Å². The molecule has 4 heteroatoms. The number of para-hydroxylation sites is 1. The van der Waals surface area contributed by atoms with Crippen LogP contribution in [0.25, 0.3) is 0 Å². The molecular formula is C11H12N4. The summed E-state index contributed by atoms with van der Waals surface area (Å²) in [4.78, 5) is 6.53. The Morgan fingerprint density at radius 1 is 1.20 bits per heavy atom. The average Bonchev–Trinajstić information content (AvgIpc) is 2.84. The molecule has 0 N–H and O–H groups in total. The van der Waals surface area contributed by atoms with Gasteiger partial charge in [0.15, 0.2) is 0 Å². The van der Waals surface area contributed by atoms with Crippen LogP contribution in [0, 0.1) is 0 Å². The third kappa shape index (κ3) is 1.18. The summed E-state index contributed by atoms with van der Waals surface area (Å²) in [5, 5.41) is 2.12. The number of nitrogens with zero attached hydrogens (tertiary/aromatic N) is 4. The molecule has 0 radical (unpaired) electrons. The second kappa shape index (κ2) is 3.02. The van der Waals surface area contributed by atoms with Gasteiger partial charge in [0, 0.05) is 25.1 Å². The van der Waals surface area contributed by atoms with Gasteiger partial charge in [0.25, 0.3) is 0 Å². The summed E-state index contributed by atoms with van der Waals surface area (Å²) < 4.78 is 2.05. The molecule has 3 rings (SSSR count). The molecule has 4 nitrogen and oxygen atoms in total. The molecule has 1 aromatic carbocycles. The second-order valence-electron chi connectivity index (χ2n) is 3.63. The van der Waals surface area contributed by atoms with E-state index in [1.165, 1.54) is 5.69 Å². The van der Waals surface area contributed by atoms with Crippen molar-refractivity contribution in [3.8, 4) is 0 Å². The third-order valence-electron chi connectivity index (χ3n) is 2.63. The number of rotatable bonds is 1. The number of aromatic nitrogens is 2. The van der Waals surface area contributed by atoms with E-state index in [0.29, 0.717) is 0 Å². The number of hydrogen-bond donors (Lipinski definition) is 0. The Hall–Kier alpha value is -1.97. The summed E-state index contributed by atoms with van der Waals surface area (Å²) >= 11 is 0. The van der Waals surface area contributed by atoms with Crippen molar-refractivity contribution in [3.05, 3.63) is 42.7 Å². The first-order valence-corrected chi connectivity index (χ1v) is 4.93. The number of benzene rings is 1. The maximum Gasteiger partial charge on any atom is 0.230 e. The summed E-state index contributed by atoms with van der Waals surface area (Å²) in [5.74, 6) is 0.976. The molecule has 1 aliphatic rings. The topological polar surface area (TPSA) is 24.3 Å². The molecule has 0 saturated carbocycles. The van der Waals surface area contributed by atoms with Crippen molar-refractivity contribution in [2.75, 3.05) is 23.6 Å². The highest BCUT2D eigenvalue weighted by Gasteiger charge is 2.24. The molecule has 0 aliphatic carbocycles. The highest BCUT2D eigenvalue weighted by Crippen LogP contribution is 2.27. The lowest BCUT2D eigenvalue weighted by Crippen LogP contribution is -2.28. The fraction of sp³-hybridized carbons (Fsp3) is 0.182. The number of hydrogen-bond acceptors (Lipinski definition) is 3. The predicted octanol–water partition coefficient (Wildman–Crippen LogP) is 1.56. The molecule has 0 amide bonds. The van der Waals surface area contributed by atoms with Crippen LogP contribution in [0.15, 0.2) is 42.7 Å². The minimum Gasteiger partial charge on any atom is -0.293 e. The van der Waals surface area contributed by atoms with E-state index in [4.69, 9.17) is 0 Å². The van der Waals surface area contributed by atoms with Crippen molar-refractivity contribution in [2.24, 2.45) is 0 Å². The Kier molecular flexibility index (Phi) is 1.68. The maximum atomic E-state index is 4.35. The van der Waals surface area contributed by atoms with E-state index in [2.05, 4.69) is 27.0 Å². The van der Waals surface area contributed by atoms with Crippen LogP contribution in [0.1, 0.15) is 0 Å². The van der Waals surface area contributed by atoms with Crippen molar-refractivity contribution in [1.29, 1.82) is 0 Å². The van der Waals surface area contributed by atoms with Crippen molar-refractivity contribution < 1.29 is 0 Å². The lowest BCUT2D eigenvalue weighted by Gasteiger charge is -2.16. The van der Waals surface area contributed by atoms with Gasteiger partial charge in [-0.3, -0.25) is 9.91 Å². The third-order valence-corrected chi connectivity index (χ3v) is 2.63. The molecule has 0 unspecified atom stereocenters. The monoisotopic (exact) mass is 200 g/mol. The van der Waals surface area contributed by atoms with Crippen LogP contribution in [0.4, 0.5) is 11.6 Å². The number of anilines is 2. The zero-order valence-corrected chi connectivity index (χ0v) is 8.54. The van der Waals surface area contributed by atoms with Gasteiger partial charge in [-0.15, -0.1) is 0 Å². The SMILES string of the molecule is CN1CN(c2ccccc2)c2nccn21. The van der Waals surface area contributed by atoms with Gasteiger partial charge in [0.05, 0.1) is 0 Å². The molecule has 2 aromatic rings. The lowest BCUT2D eigenvalue weighted by molar-refractivity contribution is 0.738. The van der Waals surface area contributed by atoms with Gasteiger partial charge in [0.2, 0.25) is 5.95 Å². The summed E-state index contributed by atoms with van der Waals surface area (Å²) in [5.41, 5.74) is 1.18. The standard InChI is InChI=1S/C11H12N4/c1-13-9-14(10-5-3-2-4-6-10)11-12-7-8-15(11)13/h2-8H,9H2,1H3. The first-order valence-electron chi connectivity index (χ1n) is 4.93. The van der Waals surface area contributed by atoms with Crippen molar-refractivity contribution in [2.45, 2.75) is 0 Å². The van der Waals surface area contributed by atoms with Crippen LogP contribution < -0.4 is 9.91 Å². The van der Waals surface area contributed by atoms with Crippen molar-refractivity contribution >= 4 is 11.6 Å². The van der Waals surface area contributed by atoms with E-state index in [9.17, 15) is 0 Å². The van der Waals surface area contributed by atoms with Crippen LogP contribution >= 0.6 is 0 Å². The van der Waals surface area contributed by atoms with Crippen molar-refractivity contribution in [1.82, 2.24) is 9.66 Å². The zero-order valence-electron chi connectivity index (χ0n) is 8.54. The Labute approximate surface area is 88.3 Å². The summed E-state index contributed by atoms with van der Waals surface area (Å²) in [6, 6.07) is 10.3. The van der Waals surface area contributed by atoms with Crippen LogP contribution in [0.2, 0.25) is 0 Å². The van der Waals surface area contributed by atoms with Gasteiger partial charge in [-0.2, -0.15) is 0 Å². The van der Waals surface area contributed by atoms with Gasteiger partial charge in [0.1, 0.15) is 6.67 Å². The van der Waals surface area contributed by atoms with Gasteiger partial charge in [-0.1, -0.05) is 18.2 Å². The number of fused-ring (bicyclic) bond motifs is 1. The van der Waals surface area contributed by atoms with E-state index in [0.717, 1.165) is 12.6 Å². The van der Waals surface area contributed by atoms with E-state index in [1.54, 1.807) is 0 Å². The molecular weight excluding hydrogens is 188 g/mol. The fourth-order valence-corrected chi connectivity index (χ4v) is 1.89. The molecule has 0 atom stereocenters. The highest BCUT2D eigenvalue weighted by molar-refractivity contribution is 5.60. The van der Waals surface area contributed by atoms with Crippen LogP contribution in [-0.4, -0.2) is 23.4 Å². The Morgan fingerprint density at radius 2 is 2.00 bits per heavy atom. The molecule has 0 fully saturated rings. The largest absolute Gasteiger partial charge is 0.293 e. The smallest absolute Gasteiger partial charge is 0.230 e. The summed E-state index contributed by atoms with van der Waals surface area (Å²) in [6.45, 7) is 0.840. The molecule has 76 valence electrons. The Balaban J connectivity index is 2.05. The molecule has 0 spiro atoms. The fourth-order valence-electron chi connectivity index (χ4n) is 1.89. The normalized spacial score (nSPS) is 14.5. The van der Waals surface area contributed by atoms with Crippen LogP contribution in [-0.2, 0) is 0 Å². The van der Waals surface area contributed by atoms with Gasteiger partial charge in [-0.25, -0.2) is 9.66 Å². The predicted molar refractivity (Wildman–Crippen MR) is 59.8 cm³/mol. The van der Waals surface area contributed by atoms with Gasteiger partial charge in [-0.05, 0) is 12.1 Å². The van der Waals surface area contributed by atoms with Gasteiger partial charge < -0.3 is 0 Å². The summed E-state index contributed by atoms with van der Waals surface area (Å²) in [7, 11) is 2.05. The molecule has 1 aromatic heterocycles. The average molecular weight is 200 g/mol. The highest BCUT2D eigenvalue weighted by atomic mass is 15.7. The quantitative estimate of drug-likeness (QED) is 0.698. The lowest BCUT2D eigenvalue weighted by atomic mass is 10.3. The maximum absolute atomic E-state index is 4.35. The molecule has 2 heterocycles. The molecule has 15 heavy (non-hydrogen) atoms. The molecule has 0 bridgehead atoms. The van der Waals surface area contributed by atoms with Crippen LogP contribution in [0.3, 0.4) is 0 Å². The van der Waals surface area contributed by atoms with E-state index < -0.39 is 0 Å². The van der Waals surface area contributed by atoms with E-state index in [-0.39, 0.29) is 0 Å². The minimum atomic E-state index is 0.840. The van der Waals surface area contributed by atoms with Gasteiger partial charge >= 0.3 is 0 Å². The van der Waals surface area contributed by atoms with E-state index in [1.807, 2.05) is 42.3 Å². The Bertz CT molecular complexity index is 462. The van der Waals surface area contributed by atoms with Crippen molar-refractivity contribution in [3.63, 3.8) is 0 Å². The zero-order chi connectivity index (χ0) is 10.3. The number of imidazole rings is 1. The minimum absolute atomic E-state index is 0.840. The Morgan fingerprint density at radius 3 is 2.80 bits per heavy atom. The molecule has 1 aliphatic heterocycles. The first-order chi connectivity index (χ1) is 7.36.